The third kappa shape index (κ3) is 2.69. The molecule has 0 radical (unpaired) electrons. The van der Waals surface area contributed by atoms with Gasteiger partial charge in [-0.2, -0.15) is 0 Å². The van der Waals surface area contributed by atoms with Crippen LogP contribution < -0.4 is 5.32 Å². The number of urea groups is 1. The lowest BCUT2D eigenvalue weighted by Crippen LogP contribution is -2.30. The second-order valence-electron chi connectivity index (χ2n) is 4.79. The zero-order valence-corrected chi connectivity index (χ0v) is 11.1. The van der Waals surface area contributed by atoms with Gasteiger partial charge in [0.2, 0.25) is 0 Å². The molecule has 0 bridgehead atoms. The molecule has 21 heavy (non-hydrogen) atoms. The van der Waals surface area contributed by atoms with Crippen LogP contribution in [0.2, 0.25) is 0 Å². The van der Waals surface area contributed by atoms with E-state index in [9.17, 15) is 9.59 Å². The number of nitrogens with zero attached hydrogens (tertiary/aromatic N) is 2. The smallest absolute Gasteiger partial charge is 0.354 e. The molecule has 0 aliphatic carbocycles. The molecule has 2 heterocycles. The summed E-state index contributed by atoms with van der Waals surface area (Å²) in [6.07, 6.45) is 1.34. The van der Waals surface area contributed by atoms with Crippen molar-refractivity contribution in [3.63, 3.8) is 0 Å². The molecule has 0 saturated heterocycles. The maximum atomic E-state index is 12.2. The normalized spacial score (nSPS) is 12.9. The SMILES string of the molecule is O=C(O)c1ccc(NC(=O)N2Cc3ccccc3C2)cn1. The second kappa shape index (κ2) is 5.24. The van der Waals surface area contributed by atoms with Gasteiger partial charge in [-0.3, -0.25) is 0 Å². The van der Waals surface area contributed by atoms with Crippen molar-refractivity contribution in [2.24, 2.45) is 0 Å². The van der Waals surface area contributed by atoms with Crippen molar-refractivity contribution in [3.8, 4) is 0 Å². The van der Waals surface area contributed by atoms with Gasteiger partial charge in [-0.1, -0.05) is 24.3 Å². The highest BCUT2D eigenvalue weighted by Crippen LogP contribution is 2.22. The number of rotatable bonds is 2. The summed E-state index contributed by atoms with van der Waals surface area (Å²) in [5.41, 5.74) is 2.71. The first-order valence-electron chi connectivity index (χ1n) is 6.45. The van der Waals surface area contributed by atoms with Crippen LogP contribution in [0.15, 0.2) is 42.6 Å². The highest BCUT2D eigenvalue weighted by molar-refractivity contribution is 5.90. The van der Waals surface area contributed by atoms with E-state index in [2.05, 4.69) is 10.3 Å². The van der Waals surface area contributed by atoms with Gasteiger partial charge < -0.3 is 15.3 Å². The zero-order valence-electron chi connectivity index (χ0n) is 11.1. The molecule has 1 aromatic carbocycles. The van der Waals surface area contributed by atoms with Gasteiger partial charge in [0, 0.05) is 13.1 Å². The largest absolute Gasteiger partial charge is 0.477 e. The minimum atomic E-state index is -1.09. The maximum Gasteiger partial charge on any atom is 0.354 e. The number of pyridine rings is 1. The number of fused-ring (bicyclic) bond motifs is 1. The number of nitrogens with one attached hydrogen (secondary N) is 1. The Balaban J connectivity index is 1.66. The number of carboxylic acids is 1. The number of hydrogen-bond acceptors (Lipinski definition) is 3. The van der Waals surface area contributed by atoms with Crippen LogP contribution >= 0.6 is 0 Å². The summed E-state index contributed by atoms with van der Waals surface area (Å²) in [5.74, 6) is -1.09. The van der Waals surface area contributed by atoms with Crippen LogP contribution in [0.3, 0.4) is 0 Å². The van der Waals surface area contributed by atoms with Gasteiger partial charge in [-0.25, -0.2) is 14.6 Å². The van der Waals surface area contributed by atoms with Crippen LogP contribution in [0.25, 0.3) is 0 Å². The van der Waals surface area contributed by atoms with Crippen molar-refractivity contribution in [2.45, 2.75) is 13.1 Å². The maximum absolute atomic E-state index is 12.2. The van der Waals surface area contributed by atoms with Crippen LogP contribution in [0, 0.1) is 0 Å². The first-order chi connectivity index (χ1) is 10.1. The lowest BCUT2D eigenvalue weighted by atomic mass is 10.1. The molecule has 1 aliphatic heterocycles. The summed E-state index contributed by atoms with van der Waals surface area (Å²) in [6, 6.07) is 10.6. The molecule has 0 spiro atoms. The fraction of sp³-hybridized carbons (Fsp3) is 0.133. The summed E-state index contributed by atoms with van der Waals surface area (Å²) in [7, 11) is 0. The highest BCUT2D eigenvalue weighted by Gasteiger charge is 2.22. The van der Waals surface area contributed by atoms with Gasteiger partial charge in [0.15, 0.2) is 0 Å². The summed E-state index contributed by atoms with van der Waals surface area (Å²) in [6.45, 7) is 1.14. The molecule has 0 unspecified atom stereocenters. The van der Waals surface area contributed by atoms with E-state index < -0.39 is 5.97 Å². The Kier molecular flexibility index (Phi) is 3.27. The third-order valence-corrected chi connectivity index (χ3v) is 3.36. The average Bonchev–Trinajstić information content (AvgIpc) is 2.92. The second-order valence-corrected chi connectivity index (χ2v) is 4.79. The van der Waals surface area contributed by atoms with Crippen LogP contribution in [0.1, 0.15) is 21.6 Å². The number of aromatic nitrogens is 1. The molecule has 1 aromatic heterocycles. The molecule has 3 rings (SSSR count). The van der Waals surface area contributed by atoms with E-state index in [1.807, 2.05) is 24.3 Å². The number of carboxylic acid groups (broad SMARTS) is 1. The van der Waals surface area contributed by atoms with Crippen LogP contribution in [0.4, 0.5) is 10.5 Å². The van der Waals surface area contributed by atoms with Gasteiger partial charge in [0.1, 0.15) is 5.69 Å². The van der Waals surface area contributed by atoms with Gasteiger partial charge in [-0.05, 0) is 23.3 Å². The molecule has 1 aliphatic rings. The quantitative estimate of drug-likeness (QED) is 0.886. The predicted octanol–water partition coefficient (Wildman–Crippen LogP) is 2.33. The van der Waals surface area contributed by atoms with Crippen LogP contribution in [0.5, 0.6) is 0 Å². The third-order valence-electron chi connectivity index (χ3n) is 3.36. The number of anilines is 1. The molecule has 0 atom stereocenters. The zero-order chi connectivity index (χ0) is 14.8. The van der Waals surface area contributed by atoms with Crippen molar-refractivity contribution >= 4 is 17.7 Å². The van der Waals surface area contributed by atoms with Gasteiger partial charge in [-0.15, -0.1) is 0 Å². The first-order valence-corrected chi connectivity index (χ1v) is 6.45. The fourth-order valence-corrected chi connectivity index (χ4v) is 2.27. The molecule has 0 fully saturated rings. The van der Waals surface area contributed by atoms with Gasteiger partial charge >= 0.3 is 12.0 Å². The molecule has 0 saturated carbocycles. The van der Waals surface area contributed by atoms with Gasteiger partial charge in [0.25, 0.3) is 0 Å². The number of benzene rings is 1. The molecule has 106 valence electrons. The van der Waals surface area contributed by atoms with Crippen molar-refractivity contribution in [1.82, 2.24) is 9.88 Å². The van der Waals surface area contributed by atoms with Crippen molar-refractivity contribution < 1.29 is 14.7 Å². The number of hydrogen-bond donors (Lipinski definition) is 2. The molecule has 2 amide bonds. The van der Waals surface area contributed by atoms with Crippen molar-refractivity contribution in [3.05, 3.63) is 59.4 Å². The van der Waals surface area contributed by atoms with E-state index in [-0.39, 0.29) is 11.7 Å². The van der Waals surface area contributed by atoms with Crippen LogP contribution in [-0.2, 0) is 13.1 Å². The molecule has 2 N–H and O–H groups in total. The van der Waals surface area contributed by atoms with E-state index in [0.717, 1.165) is 11.1 Å². The Bertz CT molecular complexity index is 673. The van der Waals surface area contributed by atoms with Crippen LogP contribution in [-0.4, -0.2) is 27.0 Å². The molecule has 2 aromatic rings. The average molecular weight is 283 g/mol. The number of carbonyl (C=O) groups excluding carboxylic acids is 1. The monoisotopic (exact) mass is 283 g/mol. The standard InChI is InChI=1S/C15H13N3O3/c19-14(20)13-6-5-12(7-16-13)17-15(21)18-8-10-3-1-2-4-11(10)9-18/h1-7H,8-9H2,(H,17,21)(H,19,20). The van der Waals surface area contributed by atoms with Crippen molar-refractivity contribution in [1.29, 1.82) is 0 Å². The summed E-state index contributed by atoms with van der Waals surface area (Å²) in [5, 5.41) is 11.5. The Morgan fingerprint density at radius 2 is 1.76 bits per heavy atom. The minimum absolute atomic E-state index is 0.0541. The summed E-state index contributed by atoms with van der Waals surface area (Å²) in [4.78, 5) is 28.3. The van der Waals surface area contributed by atoms with E-state index in [0.29, 0.717) is 18.8 Å². The first kappa shape index (κ1) is 13.1. The Morgan fingerprint density at radius 1 is 1.10 bits per heavy atom. The van der Waals surface area contributed by atoms with E-state index >= 15 is 0 Å². The topological polar surface area (TPSA) is 82.5 Å². The Morgan fingerprint density at radius 3 is 2.29 bits per heavy atom. The lowest BCUT2D eigenvalue weighted by Gasteiger charge is -2.16. The van der Waals surface area contributed by atoms with E-state index in [4.69, 9.17) is 5.11 Å². The Hall–Kier alpha value is -2.89. The molecular weight excluding hydrogens is 270 g/mol. The van der Waals surface area contributed by atoms with Crippen molar-refractivity contribution in [2.75, 3.05) is 5.32 Å². The summed E-state index contributed by atoms with van der Waals surface area (Å²) >= 11 is 0. The predicted molar refractivity (Wildman–Crippen MR) is 75.9 cm³/mol. The summed E-state index contributed by atoms with van der Waals surface area (Å²) < 4.78 is 0. The number of aromatic carboxylic acids is 1. The van der Waals surface area contributed by atoms with E-state index in [1.54, 1.807) is 4.90 Å². The molecular formula is C15H13N3O3. The number of carbonyl (C=O) groups is 2. The number of amides is 2. The minimum Gasteiger partial charge on any atom is -0.477 e. The highest BCUT2D eigenvalue weighted by atomic mass is 16.4. The lowest BCUT2D eigenvalue weighted by molar-refractivity contribution is 0.0690. The molecule has 6 heteroatoms. The van der Waals surface area contributed by atoms with E-state index in [1.165, 1.54) is 18.3 Å². The Labute approximate surface area is 121 Å². The van der Waals surface area contributed by atoms with Gasteiger partial charge in [0.05, 0.1) is 11.9 Å². The molecule has 6 nitrogen and oxygen atoms in total. The fourth-order valence-electron chi connectivity index (χ4n) is 2.27.